The second-order valence-corrected chi connectivity index (χ2v) is 5.02. The maximum Gasteiger partial charge on any atom is 0.337 e. The zero-order valence-corrected chi connectivity index (χ0v) is 12.9. The molecule has 7 nitrogen and oxygen atoms in total. The van der Waals surface area contributed by atoms with E-state index in [1.807, 2.05) is 0 Å². The molecule has 1 aliphatic rings. The summed E-state index contributed by atoms with van der Waals surface area (Å²) in [6.45, 7) is 0. The molecule has 0 atom stereocenters. The van der Waals surface area contributed by atoms with Crippen molar-refractivity contribution in [2.45, 2.75) is 0 Å². The monoisotopic (exact) mass is 327 g/mol. The predicted octanol–water partition coefficient (Wildman–Crippen LogP) is 2.20. The summed E-state index contributed by atoms with van der Waals surface area (Å²) < 4.78 is 10.2. The van der Waals surface area contributed by atoms with Crippen molar-refractivity contribution in [1.82, 2.24) is 0 Å². The number of ether oxygens (including phenoxy) is 2. The van der Waals surface area contributed by atoms with Gasteiger partial charge >= 0.3 is 5.97 Å². The molecular formula is C17H13NO6. The van der Waals surface area contributed by atoms with Crippen LogP contribution < -0.4 is 14.4 Å². The molecule has 1 heterocycles. The number of amides is 2. The van der Waals surface area contributed by atoms with Gasteiger partial charge in [0.1, 0.15) is 0 Å². The zero-order chi connectivity index (χ0) is 17.4. The van der Waals surface area contributed by atoms with E-state index < -0.39 is 17.8 Å². The highest BCUT2D eigenvalue weighted by molar-refractivity contribution is 6.35. The minimum atomic E-state index is -1.29. The third-order valence-electron chi connectivity index (χ3n) is 3.77. The molecule has 0 saturated heterocycles. The smallest absolute Gasteiger partial charge is 0.337 e. The Morgan fingerprint density at radius 2 is 1.46 bits per heavy atom. The molecule has 0 bridgehead atoms. The van der Waals surface area contributed by atoms with Crippen LogP contribution in [-0.4, -0.2) is 37.1 Å². The van der Waals surface area contributed by atoms with E-state index in [2.05, 4.69) is 0 Å². The maximum atomic E-state index is 12.6. The van der Waals surface area contributed by atoms with Crippen LogP contribution in [0.2, 0.25) is 0 Å². The molecule has 0 aliphatic carbocycles. The summed E-state index contributed by atoms with van der Waals surface area (Å²) in [5.74, 6) is -2.04. The topological polar surface area (TPSA) is 93.1 Å². The third-order valence-corrected chi connectivity index (χ3v) is 3.77. The average Bonchev–Trinajstić information content (AvgIpc) is 2.85. The highest BCUT2D eigenvalue weighted by Gasteiger charge is 2.38. The molecule has 0 unspecified atom stereocenters. The first-order valence-corrected chi connectivity index (χ1v) is 6.96. The maximum absolute atomic E-state index is 12.6. The van der Waals surface area contributed by atoms with Crippen molar-refractivity contribution in [1.29, 1.82) is 0 Å². The lowest BCUT2D eigenvalue weighted by atomic mass is 10.1. The van der Waals surface area contributed by atoms with E-state index in [0.717, 1.165) is 4.90 Å². The van der Waals surface area contributed by atoms with E-state index in [1.54, 1.807) is 12.1 Å². The summed E-state index contributed by atoms with van der Waals surface area (Å²) in [6.07, 6.45) is 0. The van der Waals surface area contributed by atoms with Gasteiger partial charge in [0, 0.05) is 12.1 Å². The van der Waals surface area contributed by atoms with Gasteiger partial charge in [-0.3, -0.25) is 9.59 Å². The Kier molecular flexibility index (Phi) is 3.69. The molecule has 122 valence electrons. The Balaban J connectivity index is 2.21. The van der Waals surface area contributed by atoms with E-state index in [-0.39, 0.29) is 33.9 Å². The second-order valence-electron chi connectivity index (χ2n) is 5.02. The van der Waals surface area contributed by atoms with Crippen molar-refractivity contribution in [3.63, 3.8) is 0 Å². The number of imide groups is 1. The second kappa shape index (κ2) is 5.69. The van der Waals surface area contributed by atoms with Crippen LogP contribution >= 0.6 is 0 Å². The summed E-state index contributed by atoms with van der Waals surface area (Å²) in [4.78, 5) is 37.6. The molecule has 1 aliphatic heterocycles. The number of benzene rings is 2. The number of methoxy groups -OCH3 is 2. The van der Waals surface area contributed by atoms with E-state index in [0.29, 0.717) is 0 Å². The number of anilines is 1. The van der Waals surface area contributed by atoms with Crippen LogP contribution in [0.15, 0.2) is 36.4 Å². The van der Waals surface area contributed by atoms with Crippen LogP contribution in [-0.2, 0) is 0 Å². The molecule has 7 heteroatoms. The van der Waals surface area contributed by atoms with Gasteiger partial charge < -0.3 is 14.6 Å². The molecule has 2 aromatic carbocycles. The first-order valence-electron chi connectivity index (χ1n) is 6.96. The van der Waals surface area contributed by atoms with E-state index >= 15 is 0 Å². The van der Waals surface area contributed by atoms with E-state index in [9.17, 15) is 19.5 Å². The van der Waals surface area contributed by atoms with Crippen LogP contribution in [0.25, 0.3) is 0 Å². The molecule has 24 heavy (non-hydrogen) atoms. The Hall–Kier alpha value is -3.35. The summed E-state index contributed by atoms with van der Waals surface area (Å²) >= 11 is 0. The molecule has 0 radical (unpaired) electrons. The molecular weight excluding hydrogens is 314 g/mol. The van der Waals surface area contributed by atoms with Gasteiger partial charge in [0.15, 0.2) is 11.5 Å². The van der Waals surface area contributed by atoms with Gasteiger partial charge in [-0.25, -0.2) is 9.69 Å². The minimum Gasteiger partial charge on any atom is -0.493 e. The van der Waals surface area contributed by atoms with Gasteiger partial charge in [0.05, 0.1) is 36.6 Å². The van der Waals surface area contributed by atoms with Gasteiger partial charge in [-0.1, -0.05) is 12.1 Å². The fraction of sp³-hybridized carbons (Fsp3) is 0.118. The van der Waals surface area contributed by atoms with Crippen molar-refractivity contribution in [2.24, 2.45) is 0 Å². The number of hydrogen-bond acceptors (Lipinski definition) is 5. The molecule has 0 saturated carbocycles. The van der Waals surface area contributed by atoms with Crippen LogP contribution in [0.1, 0.15) is 31.1 Å². The summed E-state index contributed by atoms with van der Waals surface area (Å²) in [7, 11) is 2.75. The van der Waals surface area contributed by atoms with Gasteiger partial charge in [0.25, 0.3) is 11.8 Å². The number of carbonyl (C=O) groups excluding carboxylic acids is 2. The van der Waals surface area contributed by atoms with Crippen LogP contribution in [0.3, 0.4) is 0 Å². The summed E-state index contributed by atoms with van der Waals surface area (Å²) in [5, 5.41) is 9.45. The standard InChI is InChI=1S/C17H13NO6/c1-23-13-7-11(17(21)22)12(8-14(13)24-2)18-15(19)9-5-3-4-6-10(9)16(18)20/h3-8H,1-2H3,(H,21,22). The molecule has 0 aromatic heterocycles. The van der Waals surface area contributed by atoms with Crippen LogP contribution in [0, 0.1) is 0 Å². The first kappa shape index (κ1) is 15.5. The minimum absolute atomic E-state index is 0.0636. The van der Waals surface area contributed by atoms with E-state index in [4.69, 9.17) is 9.47 Å². The molecule has 2 amide bonds. The molecule has 3 rings (SSSR count). The van der Waals surface area contributed by atoms with Gasteiger partial charge in [-0.15, -0.1) is 0 Å². The number of carbonyl (C=O) groups is 3. The van der Waals surface area contributed by atoms with Crippen molar-refractivity contribution >= 4 is 23.5 Å². The Bertz CT molecular complexity index is 838. The number of nitrogens with zero attached hydrogens (tertiary/aromatic N) is 1. The number of carboxylic acid groups (broad SMARTS) is 1. The number of fused-ring (bicyclic) bond motifs is 1. The van der Waals surface area contributed by atoms with Crippen molar-refractivity contribution in [3.05, 3.63) is 53.1 Å². The summed E-state index contributed by atoms with van der Waals surface area (Å²) in [6, 6.07) is 8.86. The largest absolute Gasteiger partial charge is 0.493 e. The van der Waals surface area contributed by atoms with Crippen molar-refractivity contribution in [2.75, 3.05) is 19.1 Å². The Labute approximate surface area is 137 Å². The fourth-order valence-corrected chi connectivity index (χ4v) is 2.63. The fourth-order valence-electron chi connectivity index (χ4n) is 2.63. The average molecular weight is 327 g/mol. The molecule has 0 fully saturated rings. The number of rotatable bonds is 4. The van der Waals surface area contributed by atoms with Gasteiger partial charge in [0.2, 0.25) is 0 Å². The number of aromatic carboxylic acids is 1. The lowest BCUT2D eigenvalue weighted by Gasteiger charge is -2.19. The van der Waals surface area contributed by atoms with Gasteiger partial charge in [-0.05, 0) is 12.1 Å². The predicted molar refractivity (Wildman–Crippen MR) is 84.1 cm³/mol. The van der Waals surface area contributed by atoms with Crippen molar-refractivity contribution < 1.29 is 29.0 Å². The summed E-state index contributed by atoms with van der Waals surface area (Å²) in [5.41, 5.74) is 0.163. The SMILES string of the molecule is COc1cc(C(=O)O)c(N2C(=O)c3ccccc3C2=O)cc1OC. The molecule has 1 N–H and O–H groups in total. The molecule has 0 spiro atoms. The zero-order valence-electron chi connectivity index (χ0n) is 12.9. The van der Waals surface area contributed by atoms with Crippen LogP contribution in [0.5, 0.6) is 11.5 Å². The molecule has 2 aromatic rings. The number of hydrogen-bond donors (Lipinski definition) is 1. The highest BCUT2D eigenvalue weighted by atomic mass is 16.5. The Morgan fingerprint density at radius 3 is 1.92 bits per heavy atom. The van der Waals surface area contributed by atoms with Gasteiger partial charge in [-0.2, -0.15) is 0 Å². The highest BCUT2D eigenvalue weighted by Crippen LogP contribution is 2.38. The Morgan fingerprint density at radius 1 is 0.958 bits per heavy atom. The lowest BCUT2D eigenvalue weighted by molar-refractivity contribution is 0.0697. The quantitative estimate of drug-likeness (QED) is 0.865. The van der Waals surface area contributed by atoms with Crippen molar-refractivity contribution in [3.8, 4) is 11.5 Å². The number of carboxylic acids is 1. The third kappa shape index (κ3) is 2.18. The van der Waals surface area contributed by atoms with E-state index in [1.165, 1.54) is 38.5 Å². The van der Waals surface area contributed by atoms with Crippen LogP contribution in [0.4, 0.5) is 5.69 Å². The first-order chi connectivity index (χ1) is 11.5. The lowest BCUT2D eigenvalue weighted by Crippen LogP contribution is -2.31. The normalized spacial score (nSPS) is 13.0.